The molecule has 0 saturated carbocycles. The Kier molecular flexibility index (Phi) is 4.50. The molecule has 0 N–H and O–H groups in total. The van der Waals surface area contributed by atoms with Gasteiger partial charge in [-0.05, 0) is 31.0 Å². The van der Waals surface area contributed by atoms with Gasteiger partial charge in [-0.25, -0.2) is 19.3 Å². The fraction of sp³-hybridized carbons (Fsp3) is 0.444. The van der Waals surface area contributed by atoms with Crippen LogP contribution in [-0.4, -0.2) is 57.2 Å². The van der Waals surface area contributed by atoms with Crippen LogP contribution in [0, 0.1) is 5.82 Å². The van der Waals surface area contributed by atoms with E-state index in [2.05, 4.69) is 15.0 Å². The first-order valence-corrected chi connectivity index (χ1v) is 8.63. The first-order chi connectivity index (χ1) is 12.7. The van der Waals surface area contributed by atoms with Gasteiger partial charge in [-0.3, -0.25) is 4.79 Å². The lowest BCUT2D eigenvalue weighted by molar-refractivity contribution is -0.0397. The third kappa shape index (κ3) is 3.37. The number of halogens is 1. The third-order valence-corrected chi connectivity index (χ3v) is 4.90. The highest BCUT2D eigenvalue weighted by molar-refractivity contribution is 5.90. The van der Waals surface area contributed by atoms with Crippen LogP contribution < -0.4 is 4.74 Å². The molecule has 2 aliphatic heterocycles. The molecule has 2 aromatic heterocycles. The lowest BCUT2D eigenvalue weighted by Gasteiger charge is -2.38. The number of piperidine rings is 1. The predicted octanol–water partition coefficient (Wildman–Crippen LogP) is 1.85. The highest BCUT2D eigenvalue weighted by Gasteiger charge is 2.44. The van der Waals surface area contributed by atoms with Gasteiger partial charge >= 0.3 is 0 Å². The van der Waals surface area contributed by atoms with E-state index in [-0.39, 0.29) is 29.3 Å². The molecule has 2 fully saturated rings. The Labute approximate surface area is 150 Å². The Bertz CT molecular complexity index is 781. The molecule has 1 atom stereocenters. The molecule has 4 rings (SSSR count). The SMILES string of the molecule is O=C(c1ncccn1)N1CCC2(CC1)CC(Oc1ncccc1F)CO2. The van der Waals surface area contributed by atoms with Gasteiger partial charge in [0, 0.05) is 38.1 Å². The number of nitrogens with zero attached hydrogens (tertiary/aromatic N) is 4. The summed E-state index contributed by atoms with van der Waals surface area (Å²) in [6, 6.07) is 4.53. The fourth-order valence-corrected chi connectivity index (χ4v) is 3.51. The average molecular weight is 358 g/mol. The van der Waals surface area contributed by atoms with Gasteiger partial charge in [0.25, 0.3) is 11.8 Å². The molecule has 1 amide bonds. The maximum absolute atomic E-state index is 13.7. The first-order valence-electron chi connectivity index (χ1n) is 8.63. The van der Waals surface area contributed by atoms with Gasteiger partial charge < -0.3 is 14.4 Å². The van der Waals surface area contributed by atoms with Crippen LogP contribution in [0.5, 0.6) is 5.88 Å². The van der Waals surface area contributed by atoms with Crippen LogP contribution in [0.2, 0.25) is 0 Å². The Morgan fingerprint density at radius 3 is 2.65 bits per heavy atom. The molecule has 0 aromatic carbocycles. The van der Waals surface area contributed by atoms with Gasteiger partial charge in [0.15, 0.2) is 5.82 Å². The van der Waals surface area contributed by atoms with Crippen LogP contribution in [0.1, 0.15) is 29.9 Å². The topological polar surface area (TPSA) is 77.4 Å². The maximum Gasteiger partial charge on any atom is 0.291 e. The number of carbonyl (C=O) groups is 1. The Morgan fingerprint density at radius 1 is 1.19 bits per heavy atom. The molecule has 2 saturated heterocycles. The van der Waals surface area contributed by atoms with Crippen molar-refractivity contribution in [2.75, 3.05) is 19.7 Å². The lowest BCUT2D eigenvalue weighted by atomic mass is 9.88. The largest absolute Gasteiger partial charge is 0.470 e. The van der Waals surface area contributed by atoms with Crippen molar-refractivity contribution in [2.24, 2.45) is 0 Å². The Morgan fingerprint density at radius 2 is 1.92 bits per heavy atom. The van der Waals surface area contributed by atoms with Crippen LogP contribution in [0.15, 0.2) is 36.8 Å². The molecule has 4 heterocycles. The predicted molar refractivity (Wildman–Crippen MR) is 89.1 cm³/mol. The number of hydrogen-bond acceptors (Lipinski definition) is 6. The molecule has 7 nitrogen and oxygen atoms in total. The van der Waals surface area contributed by atoms with Gasteiger partial charge in [-0.1, -0.05) is 0 Å². The second kappa shape index (κ2) is 6.95. The van der Waals surface area contributed by atoms with E-state index < -0.39 is 5.82 Å². The van der Waals surface area contributed by atoms with E-state index in [0.717, 1.165) is 0 Å². The van der Waals surface area contributed by atoms with Gasteiger partial charge in [-0.2, -0.15) is 0 Å². The van der Waals surface area contributed by atoms with Gasteiger partial charge in [-0.15, -0.1) is 0 Å². The second-order valence-electron chi connectivity index (χ2n) is 6.59. The smallest absolute Gasteiger partial charge is 0.291 e. The monoisotopic (exact) mass is 358 g/mol. The molecule has 26 heavy (non-hydrogen) atoms. The minimum atomic E-state index is -0.475. The molecule has 0 bridgehead atoms. The minimum absolute atomic E-state index is 0.00647. The summed E-state index contributed by atoms with van der Waals surface area (Å²) in [6.07, 6.45) is 6.45. The summed E-state index contributed by atoms with van der Waals surface area (Å²) in [5.41, 5.74) is -0.329. The van der Waals surface area contributed by atoms with Gasteiger partial charge in [0.05, 0.1) is 12.2 Å². The summed E-state index contributed by atoms with van der Waals surface area (Å²) in [5, 5.41) is 0. The zero-order chi connectivity index (χ0) is 18.0. The summed E-state index contributed by atoms with van der Waals surface area (Å²) < 4.78 is 25.4. The minimum Gasteiger partial charge on any atom is -0.470 e. The van der Waals surface area contributed by atoms with E-state index in [1.54, 1.807) is 23.4 Å². The summed E-state index contributed by atoms with van der Waals surface area (Å²) >= 11 is 0. The zero-order valence-corrected chi connectivity index (χ0v) is 14.2. The molecule has 8 heteroatoms. The molecule has 2 aromatic rings. The highest BCUT2D eigenvalue weighted by Crippen LogP contribution is 2.37. The van der Waals surface area contributed by atoms with Crippen molar-refractivity contribution in [1.29, 1.82) is 0 Å². The lowest BCUT2D eigenvalue weighted by Crippen LogP contribution is -2.47. The number of amides is 1. The number of likely N-dealkylation sites (tertiary alicyclic amines) is 1. The number of pyridine rings is 1. The highest BCUT2D eigenvalue weighted by atomic mass is 19.1. The maximum atomic E-state index is 13.7. The van der Waals surface area contributed by atoms with Gasteiger partial charge in [0.1, 0.15) is 6.10 Å². The van der Waals surface area contributed by atoms with Crippen molar-refractivity contribution in [2.45, 2.75) is 31.0 Å². The number of hydrogen-bond donors (Lipinski definition) is 0. The number of carbonyl (C=O) groups excluding carboxylic acids is 1. The normalized spacial score (nSPS) is 21.7. The van der Waals surface area contributed by atoms with E-state index in [4.69, 9.17) is 9.47 Å². The Hall–Kier alpha value is -2.61. The van der Waals surface area contributed by atoms with Gasteiger partial charge in [0.2, 0.25) is 5.82 Å². The van der Waals surface area contributed by atoms with E-state index in [1.807, 2.05) is 0 Å². The number of aromatic nitrogens is 3. The van der Waals surface area contributed by atoms with E-state index >= 15 is 0 Å². The number of rotatable bonds is 3. The summed E-state index contributed by atoms with van der Waals surface area (Å²) in [4.78, 5) is 26.1. The molecule has 1 spiro atoms. The first kappa shape index (κ1) is 16.8. The average Bonchev–Trinajstić information content (AvgIpc) is 3.06. The van der Waals surface area contributed by atoms with Crippen LogP contribution >= 0.6 is 0 Å². The fourth-order valence-electron chi connectivity index (χ4n) is 3.51. The molecule has 0 aliphatic carbocycles. The molecular formula is C18H19FN4O3. The summed E-state index contributed by atoms with van der Waals surface area (Å²) in [5.74, 6) is -0.423. The third-order valence-electron chi connectivity index (χ3n) is 4.90. The van der Waals surface area contributed by atoms with Crippen LogP contribution in [0.3, 0.4) is 0 Å². The van der Waals surface area contributed by atoms with Crippen molar-refractivity contribution in [3.8, 4) is 5.88 Å². The van der Waals surface area contributed by atoms with Crippen LogP contribution in [0.25, 0.3) is 0 Å². The van der Waals surface area contributed by atoms with Crippen molar-refractivity contribution in [3.05, 3.63) is 48.4 Å². The molecular weight excluding hydrogens is 339 g/mol. The summed E-state index contributed by atoms with van der Waals surface area (Å²) in [6.45, 7) is 1.54. The van der Waals surface area contributed by atoms with Crippen molar-refractivity contribution < 1.29 is 18.7 Å². The zero-order valence-electron chi connectivity index (χ0n) is 14.2. The molecule has 0 radical (unpaired) electrons. The molecule has 1 unspecified atom stereocenters. The van der Waals surface area contributed by atoms with Crippen molar-refractivity contribution in [3.63, 3.8) is 0 Å². The Balaban J connectivity index is 1.34. The van der Waals surface area contributed by atoms with Crippen LogP contribution in [0.4, 0.5) is 4.39 Å². The van der Waals surface area contributed by atoms with Crippen LogP contribution in [-0.2, 0) is 4.74 Å². The standard InChI is InChI=1S/C18H19FN4O3/c19-14-3-1-6-22-16(14)26-13-11-18(25-12-13)4-9-23(10-5-18)17(24)15-20-7-2-8-21-15/h1-3,6-8,13H,4-5,9-12H2. The van der Waals surface area contributed by atoms with E-state index in [1.165, 1.54) is 18.3 Å². The van der Waals surface area contributed by atoms with Crippen molar-refractivity contribution >= 4 is 5.91 Å². The summed E-state index contributed by atoms with van der Waals surface area (Å²) in [7, 11) is 0. The molecule has 2 aliphatic rings. The van der Waals surface area contributed by atoms with E-state index in [0.29, 0.717) is 39.0 Å². The second-order valence-corrected chi connectivity index (χ2v) is 6.59. The van der Waals surface area contributed by atoms with E-state index in [9.17, 15) is 9.18 Å². The number of ether oxygens (including phenoxy) is 2. The van der Waals surface area contributed by atoms with Crippen molar-refractivity contribution in [1.82, 2.24) is 19.9 Å². The molecule has 136 valence electrons. The quantitative estimate of drug-likeness (QED) is 0.833.